The molecule has 2 aromatic heterocycles. The average Bonchev–Trinajstić information content (AvgIpc) is 2.71. The Hall–Kier alpha value is -1.61. The van der Waals surface area contributed by atoms with Crippen LogP contribution < -0.4 is 5.73 Å². The van der Waals surface area contributed by atoms with E-state index in [4.69, 9.17) is 10.2 Å². The van der Waals surface area contributed by atoms with Gasteiger partial charge >= 0.3 is 0 Å². The first-order valence-corrected chi connectivity index (χ1v) is 4.06. The number of aromatic nitrogens is 1. The molecule has 0 saturated heterocycles. The van der Waals surface area contributed by atoms with Crippen molar-refractivity contribution in [1.29, 1.82) is 0 Å². The van der Waals surface area contributed by atoms with Gasteiger partial charge in [-0.2, -0.15) is 0 Å². The van der Waals surface area contributed by atoms with Crippen molar-refractivity contribution in [2.45, 2.75) is 6.54 Å². The van der Waals surface area contributed by atoms with E-state index < -0.39 is 0 Å². The van der Waals surface area contributed by atoms with Crippen molar-refractivity contribution in [2.75, 3.05) is 0 Å². The van der Waals surface area contributed by atoms with Gasteiger partial charge in [0.15, 0.2) is 0 Å². The smallest absolute Gasteiger partial charge is 0.0981 e. The number of nitrogens with zero attached hydrogens (tertiary/aromatic N) is 1. The highest BCUT2D eigenvalue weighted by molar-refractivity contribution is 5.61. The molecule has 2 heterocycles. The lowest BCUT2D eigenvalue weighted by Crippen LogP contribution is -1.96. The maximum absolute atomic E-state index is 5.51. The minimum Gasteiger partial charge on any atom is -0.472 e. The molecule has 0 bridgehead atoms. The van der Waals surface area contributed by atoms with Gasteiger partial charge in [0, 0.05) is 30.1 Å². The van der Waals surface area contributed by atoms with E-state index in [9.17, 15) is 0 Å². The Bertz CT molecular complexity index is 382. The molecular formula is C10H10N2O. The summed E-state index contributed by atoms with van der Waals surface area (Å²) < 4.78 is 4.98. The fourth-order valence-corrected chi connectivity index (χ4v) is 1.19. The molecule has 3 nitrogen and oxygen atoms in total. The van der Waals surface area contributed by atoms with Gasteiger partial charge in [0.1, 0.15) is 0 Å². The van der Waals surface area contributed by atoms with Crippen LogP contribution in [-0.2, 0) is 6.54 Å². The lowest BCUT2D eigenvalue weighted by Gasteiger charge is -1.98. The van der Waals surface area contributed by atoms with E-state index in [1.165, 1.54) is 0 Å². The van der Waals surface area contributed by atoms with Gasteiger partial charge in [0.2, 0.25) is 0 Å². The SMILES string of the molecule is NCc1cncc(-c2ccoc2)c1. The van der Waals surface area contributed by atoms with Crippen LogP contribution in [0.3, 0.4) is 0 Å². The fraction of sp³-hybridized carbons (Fsp3) is 0.100. The van der Waals surface area contributed by atoms with Gasteiger partial charge in [-0.1, -0.05) is 0 Å². The highest BCUT2D eigenvalue weighted by Crippen LogP contribution is 2.19. The third kappa shape index (κ3) is 1.60. The molecule has 0 unspecified atom stereocenters. The fourth-order valence-electron chi connectivity index (χ4n) is 1.19. The second-order valence-corrected chi connectivity index (χ2v) is 2.80. The maximum Gasteiger partial charge on any atom is 0.0981 e. The van der Waals surface area contributed by atoms with Gasteiger partial charge in [0.25, 0.3) is 0 Å². The van der Waals surface area contributed by atoms with Crippen molar-refractivity contribution in [2.24, 2.45) is 5.73 Å². The molecule has 0 aliphatic rings. The van der Waals surface area contributed by atoms with E-state index >= 15 is 0 Å². The van der Waals surface area contributed by atoms with Crippen LogP contribution in [0.25, 0.3) is 11.1 Å². The molecule has 0 atom stereocenters. The molecule has 0 spiro atoms. The van der Waals surface area contributed by atoms with Gasteiger partial charge in [-0.3, -0.25) is 4.98 Å². The number of pyridine rings is 1. The second-order valence-electron chi connectivity index (χ2n) is 2.80. The number of furan rings is 1. The van der Waals surface area contributed by atoms with Crippen LogP contribution in [0, 0.1) is 0 Å². The summed E-state index contributed by atoms with van der Waals surface area (Å²) in [5, 5.41) is 0. The van der Waals surface area contributed by atoms with E-state index in [-0.39, 0.29) is 0 Å². The van der Waals surface area contributed by atoms with E-state index in [1.54, 1.807) is 24.9 Å². The zero-order valence-electron chi connectivity index (χ0n) is 7.10. The zero-order valence-corrected chi connectivity index (χ0v) is 7.10. The van der Waals surface area contributed by atoms with Crippen LogP contribution >= 0.6 is 0 Å². The Morgan fingerprint density at radius 1 is 1.31 bits per heavy atom. The molecule has 3 heteroatoms. The molecule has 13 heavy (non-hydrogen) atoms. The van der Waals surface area contributed by atoms with E-state index in [2.05, 4.69) is 4.98 Å². The Kier molecular flexibility index (Phi) is 2.10. The van der Waals surface area contributed by atoms with Crippen LogP contribution in [0.15, 0.2) is 41.5 Å². The lowest BCUT2D eigenvalue weighted by atomic mass is 10.1. The molecule has 0 saturated carbocycles. The summed E-state index contributed by atoms with van der Waals surface area (Å²) in [4.78, 5) is 4.09. The number of hydrogen-bond acceptors (Lipinski definition) is 3. The summed E-state index contributed by atoms with van der Waals surface area (Å²) in [6, 6.07) is 3.91. The first-order chi connectivity index (χ1) is 6.40. The third-order valence-corrected chi connectivity index (χ3v) is 1.89. The number of nitrogens with two attached hydrogens (primary N) is 1. The van der Waals surface area contributed by atoms with Crippen molar-refractivity contribution >= 4 is 0 Å². The summed E-state index contributed by atoms with van der Waals surface area (Å²) in [6.07, 6.45) is 6.90. The molecule has 0 fully saturated rings. The summed E-state index contributed by atoms with van der Waals surface area (Å²) in [5.74, 6) is 0. The standard InChI is InChI=1S/C10H10N2O/c11-4-8-3-10(6-12-5-8)9-1-2-13-7-9/h1-3,5-7H,4,11H2. The predicted molar refractivity (Wildman–Crippen MR) is 49.8 cm³/mol. The first kappa shape index (κ1) is 8.01. The highest BCUT2D eigenvalue weighted by atomic mass is 16.3. The summed E-state index contributed by atoms with van der Waals surface area (Å²) in [7, 11) is 0. The van der Waals surface area contributed by atoms with Crippen LogP contribution in [0.2, 0.25) is 0 Å². The van der Waals surface area contributed by atoms with Crippen molar-refractivity contribution in [1.82, 2.24) is 4.98 Å². The van der Waals surface area contributed by atoms with Crippen LogP contribution in [0.4, 0.5) is 0 Å². The summed E-state index contributed by atoms with van der Waals surface area (Å²) >= 11 is 0. The van der Waals surface area contributed by atoms with Crippen LogP contribution in [0.1, 0.15) is 5.56 Å². The lowest BCUT2D eigenvalue weighted by molar-refractivity contribution is 0.568. The molecule has 0 amide bonds. The quantitative estimate of drug-likeness (QED) is 0.755. The van der Waals surface area contributed by atoms with Gasteiger partial charge in [-0.25, -0.2) is 0 Å². The number of rotatable bonds is 2. The molecule has 2 N–H and O–H groups in total. The normalized spacial score (nSPS) is 10.2. The van der Waals surface area contributed by atoms with Gasteiger partial charge in [-0.05, 0) is 17.7 Å². The van der Waals surface area contributed by atoms with E-state index in [0.29, 0.717) is 6.54 Å². The third-order valence-electron chi connectivity index (χ3n) is 1.89. The minimum absolute atomic E-state index is 0.513. The molecule has 0 aliphatic heterocycles. The van der Waals surface area contributed by atoms with Gasteiger partial charge in [0.05, 0.1) is 12.5 Å². The minimum atomic E-state index is 0.513. The molecule has 0 aromatic carbocycles. The van der Waals surface area contributed by atoms with Gasteiger partial charge < -0.3 is 10.2 Å². The molecule has 0 radical (unpaired) electrons. The average molecular weight is 174 g/mol. The largest absolute Gasteiger partial charge is 0.472 e. The molecule has 2 aromatic rings. The Morgan fingerprint density at radius 3 is 2.92 bits per heavy atom. The van der Waals surface area contributed by atoms with Crippen molar-refractivity contribution in [3.63, 3.8) is 0 Å². The zero-order chi connectivity index (χ0) is 9.10. The second kappa shape index (κ2) is 3.41. The Balaban J connectivity index is 2.41. The number of hydrogen-bond donors (Lipinski definition) is 1. The summed E-state index contributed by atoms with van der Waals surface area (Å²) in [6.45, 7) is 0.513. The monoisotopic (exact) mass is 174 g/mol. The molecule has 66 valence electrons. The first-order valence-electron chi connectivity index (χ1n) is 4.06. The molecular weight excluding hydrogens is 164 g/mol. The van der Waals surface area contributed by atoms with Crippen molar-refractivity contribution in [3.8, 4) is 11.1 Å². The van der Waals surface area contributed by atoms with Gasteiger partial charge in [-0.15, -0.1) is 0 Å². The predicted octanol–water partition coefficient (Wildman–Crippen LogP) is 1.80. The molecule has 2 rings (SSSR count). The maximum atomic E-state index is 5.51. The Labute approximate surface area is 76.2 Å². The Morgan fingerprint density at radius 2 is 2.23 bits per heavy atom. The molecule has 0 aliphatic carbocycles. The van der Waals surface area contributed by atoms with E-state index in [1.807, 2.05) is 12.1 Å². The van der Waals surface area contributed by atoms with Crippen LogP contribution in [0.5, 0.6) is 0 Å². The van der Waals surface area contributed by atoms with Crippen LogP contribution in [-0.4, -0.2) is 4.98 Å². The van der Waals surface area contributed by atoms with Crippen molar-refractivity contribution < 1.29 is 4.42 Å². The highest BCUT2D eigenvalue weighted by Gasteiger charge is 1.99. The summed E-state index contributed by atoms with van der Waals surface area (Å²) in [5.41, 5.74) is 8.60. The van der Waals surface area contributed by atoms with Crippen molar-refractivity contribution in [3.05, 3.63) is 42.6 Å². The van der Waals surface area contributed by atoms with E-state index in [0.717, 1.165) is 16.7 Å². The topological polar surface area (TPSA) is 52.0 Å².